The second-order valence-electron chi connectivity index (χ2n) is 7.31. The molecule has 6 heteroatoms. The van der Waals surface area contributed by atoms with Crippen molar-refractivity contribution in [2.45, 2.75) is 39.5 Å². The van der Waals surface area contributed by atoms with E-state index in [2.05, 4.69) is 34.4 Å². The third-order valence-corrected chi connectivity index (χ3v) is 4.68. The van der Waals surface area contributed by atoms with Crippen molar-refractivity contribution < 1.29 is 9.18 Å². The Labute approximate surface area is 154 Å². The lowest BCUT2D eigenvalue weighted by Gasteiger charge is -2.27. The number of halogens is 1. The number of urea groups is 1. The number of benzene rings is 1. The molecule has 5 nitrogen and oxygen atoms in total. The quantitative estimate of drug-likeness (QED) is 0.825. The Morgan fingerprint density at radius 1 is 1.23 bits per heavy atom. The second kappa shape index (κ2) is 8.34. The molecule has 1 aromatic heterocycles. The fourth-order valence-electron chi connectivity index (χ4n) is 3.20. The molecule has 0 unspecified atom stereocenters. The maximum Gasteiger partial charge on any atom is 0.319 e. The lowest BCUT2D eigenvalue weighted by atomic mass is 10.1. The van der Waals surface area contributed by atoms with Crippen molar-refractivity contribution in [2.24, 2.45) is 5.92 Å². The SMILES string of the molecule is CC(C)CCNC(=O)Nc1cc(F)c2nc(N3CCCCC3)ccc2c1. The van der Waals surface area contributed by atoms with Gasteiger partial charge in [-0.25, -0.2) is 14.2 Å². The minimum Gasteiger partial charge on any atom is -0.357 e. The summed E-state index contributed by atoms with van der Waals surface area (Å²) >= 11 is 0. The van der Waals surface area contributed by atoms with Gasteiger partial charge in [-0.05, 0) is 55.9 Å². The summed E-state index contributed by atoms with van der Waals surface area (Å²) in [4.78, 5) is 18.7. The molecular formula is C20H27FN4O. The van der Waals surface area contributed by atoms with Gasteiger partial charge in [0.2, 0.25) is 0 Å². The minimum atomic E-state index is -0.418. The van der Waals surface area contributed by atoms with Crippen molar-refractivity contribution in [3.8, 4) is 0 Å². The molecule has 140 valence electrons. The first-order valence-corrected chi connectivity index (χ1v) is 9.43. The summed E-state index contributed by atoms with van der Waals surface area (Å²) in [6.07, 6.45) is 4.45. The van der Waals surface area contributed by atoms with E-state index in [4.69, 9.17) is 0 Å². The lowest BCUT2D eigenvalue weighted by Crippen LogP contribution is -2.30. The molecule has 1 aliphatic rings. The van der Waals surface area contributed by atoms with Gasteiger partial charge in [0.1, 0.15) is 11.3 Å². The highest BCUT2D eigenvalue weighted by atomic mass is 19.1. The van der Waals surface area contributed by atoms with Crippen molar-refractivity contribution in [3.05, 3.63) is 30.1 Å². The standard InChI is InChI=1S/C20H27FN4O/c1-14(2)8-9-22-20(26)23-16-12-15-6-7-18(24-19(15)17(21)13-16)25-10-4-3-5-11-25/h6-7,12-14H,3-5,8-11H2,1-2H3,(H2,22,23,26). The van der Waals surface area contributed by atoms with Gasteiger partial charge in [0.15, 0.2) is 5.82 Å². The zero-order valence-electron chi connectivity index (χ0n) is 15.5. The average Bonchev–Trinajstić information content (AvgIpc) is 2.62. The molecule has 0 saturated carbocycles. The summed E-state index contributed by atoms with van der Waals surface area (Å²) in [5.41, 5.74) is 0.781. The third kappa shape index (κ3) is 4.62. The van der Waals surface area contributed by atoms with Crippen molar-refractivity contribution in [1.82, 2.24) is 10.3 Å². The van der Waals surface area contributed by atoms with Gasteiger partial charge in [-0.2, -0.15) is 0 Å². The summed E-state index contributed by atoms with van der Waals surface area (Å²) in [6.45, 7) is 6.74. The zero-order chi connectivity index (χ0) is 18.5. The number of piperidine rings is 1. The lowest BCUT2D eigenvalue weighted by molar-refractivity contribution is 0.251. The van der Waals surface area contributed by atoms with E-state index >= 15 is 0 Å². The second-order valence-corrected chi connectivity index (χ2v) is 7.31. The molecule has 0 aliphatic carbocycles. The van der Waals surface area contributed by atoms with Crippen LogP contribution < -0.4 is 15.5 Å². The van der Waals surface area contributed by atoms with Crippen LogP contribution in [0, 0.1) is 11.7 Å². The molecular weight excluding hydrogens is 331 g/mol. The third-order valence-electron chi connectivity index (χ3n) is 4.68. The van der Waals surface area contributed by atoms with E-state index in [0.717, 1.165) is 38.2 Å². The van der Waals surface area contributed by atoms with Crippen molar-refractivity contribution in [3.63, 3.8) is 0 Å². The molecule has 1 aromatic carbocycles. The number of carbonyl (C=O) groups is 1. The molecule has 2 N–H and O–H groups in total. The van der Waals surface area contributed by atoms with Crippen molar-refractivity contribution in [1.29, 1.82) is 0 Å². The monoisotopic (exact) mass is 358 g/mol. The Kier molecular flexibility index (Phi) is 5.91. The fourth-order valence-corrected chi connectivity index (χ4v) is 3.20. The molecule has 2 heterocycles. The van der Waals surface area contributed by atoms with Gasteiger partial charge in [0, 0.05) is 30.7 Å². The maximum atomic E-state index is 14.5. The number of fused-ring (bicyclic) bond motifs is 1. The number of nitrogens with one attached hydrogen (secondary N) is 2. The predicted molar refractivity (Wildman–Crippen MR) is 104 cm³/mol. The van der Waals surface area contributed by atoms with E-state index in [0.29, 0.717) is 29.1 Å². The van der Waals surface area contributed by atoms with Crippen molar-refractivity contribution >= 4 is 28.4 Å². The number of amides is 2. The Morgan fingerprint density at radius 2 is 2.00 bits per heavy atom. The topological polar surface area (TPSA) is 57.3 Å². The maximum absolute atomic E-state index is 14.5. The van der Waals surface area contributed by atoms with Crippen LogP contribution in [0.2, 0.25) is 0 Å². The van der Waals surface area contributed by atoms with E-state index in [1.165, 1.54) is 12.5 Å². The minimum absolute atomic E-state index is 0.317. The Morgan fingerprint density at radius 3 is 2.73 bits per heavy atom. The Bertz CT molecular complexity index is 772. The summed E-state index contributed by atoms with van der Waals surface area (Å²) in [5, 5.41) is 6.17. The van der Waals surface area contributed by atoms with E-state index in [9.17, 15) is 9.18 Å². The van der Waals surface area contributed by atoms with Gasteiger partial charge in [-0.1, -0.05) is 13.8 Å². The number of aromatic nitrogens is 1. The molecule has 1 aliphatic heterocycles. The Hall–Kier alpha value is -2.37. The predicted octanol–water partition coefficient (Wildman–Crippen LogP) is 4.53. The number of carbonyl (C=O) groups excluding carboxylic acids is 1. The number of hydrogen-bond donors (Lipinski definition) is 2. The van der Waals surface area contributed by atoms with Crippen LogP contribution in [0.25, 0.3) is 10.9 Å². The summed E-state index contributed by atoms with van der Waals surface area (Å²) < 4.78 is 14.5. The van der Waals surface area contributed by atoms with Crippen LogP contribution in [0.15, 0.2) is 24.3 Å². The van der Waals surface area contributed by atoms with Crippen LogP contribution in [0.1, 0.15) is 39.5 Å². The van der Waals surface area contributed by atoms with Crippen LogP contribution in [-0.4, -0.2) is 30.6 Å². The highest BCUT2D eigenvalue weighted by Gasteiger charge is 2.14. The van der Waals surface area contributed by atoms with E-state index in [1.807, 2.05) is 12.1 Å². The molecule has 0 spiro atoms. The molecule has 0 atom stereocenters. The first kappa shape index (κ1) is 18.4. The largest absolute Gasteiger partial charge is 0.357 e. The van der Waals surface area contributed by atoms with Gasteiger partial charge in [-0.3, -0.25) is 0 Å². The molecule has 2 amide bonds. The highest BCUT2D eigenvalue weighted by molar-refractivity contribution is 5.93. The molecule has 3 rings (SSSR count). The van der Waals surface area contributed by atoms with Crippen LogP contribution in [0.5, 0.6) is 0 Å². The normalized spacial score (nSPS) is 14.7. The van der Waals surface area contributed by atoms with Gasteiger partial charge in [0.25, 0.3) is 0 Å². The van der Waals surface area contributed by atoms with Gasteiger partial charge >= 0.3 is 6.03 Å². The van der Waals surface area contributed by atoms with Crippen molar-refractivity contribution in [2.75, 3.05) is 29.9 Å². The van der Waals surface area contributed by atoms with Crippen LogP contribution in [0.3, 0.4) is 0 Å². The van der Waals surface area contributed by atoms with E-state index < -0.39 is 5.82 Å². The van der Waals surface area contributed by atoms with Gasteiger partial charge < -0.3 is 15.5 Å². The van der Waals surface area contributed by atoms with Gasteiger partial charge in [-0.15, -0.1) is 0 Å². The average molecular weight is 358 g/mol. The van der Waals surface area contributed by atoms with Crippen LogP contribution in [-0.2, 0) is 0 Å². The van der Waals surface area contributed by atoms with Crippen LogP contribution >= 0.6 is 0 Å². The molecule has 1 fully saturated rings. The molecule has 0 bridgehead atoms. The molecule has 0 radical (unpaired) electrons. The Balaban J connectivity index is 1.72. The van der Waals surface area contributed by atoms with Gasteiger partial charge in [0.05, 0.1) is 0 Å². The molecule has 2 aromatic rings. The number of pyridine rings is 1. The fraction of sp³-hybridized carbons (Fsp3) is 0.500. The van der Waals surface area contributed by atoms with E-state index in [1.54, 1.807) is 6.07 Å². The number of hydrogen-bond acceptors (Lipinski definition) is 3. The summed E-state index contributed by atoms with van der Waals surface area (Å²) in [5.74, 6) is 0.927. The number of rotatable bonds is 5. The smallest absolute Gasteiger partial charge is 0.319 e. The van der Waals surface area contributed by atoms with E-state index in [-0.39, 0.29) is 6.03 Å². The summed E-state index contributed by atoms with van der Waals surface area (Å²) in [7, 11) is 0. The molecule has 1 saturated heterocycles. The number of nitrogens with zero attached hydrogens (tertiary/aromatic N) is 2. The first-order chi connectivity index (χ1) is 12.5. The molecule has 26 heavy (non-hydrogen) atoms. The first-order valence-electron chi connectivity index (χ1n) is 9.43. The van der Waals surface area contributed by atoms with Crippen LogP contribution in [0.4, 0.5) is 20.7 Å². The number of anilines is 2. The summed E-state index contributed by atoms with van der Waals surface area (Å²) in [6, 6.07) is 6.57. The zero-order valence-corrected chi connectivity index (χ0v) is 15.5. The highest BCUT2D eigenvalue weighted by Crippen LogP contribution is 2.26.